The molecule has 0 aromatic rings. The molecule has 1 amide bonds. The lowest BCUT2D eigenvalue weighted by molar-refractivity contribution is -0.870. The number of aliphatic hydroxyl groups excluding tert-OH is 1. The van der Waals surface area contributed by atoms with E-state index >= 15 is 0 Å². The van der Waals surface area contributed by atoms with Crippen LogP contribution in [0.5, 0.6) is 0 Å². The lowest BCUT2D eigenvalue weighted by Crippen LogP contribution is -2.45. The first-order chi connectivity index (χ1) is 21.5. The molecule has 0 spiro atoms. The van der Waals surface area contributed by atoms with E-state index in [0.717, 1.165) is 44.9 Å². The molecule has 0 aliphatic heterocycles. The van der Waals surface area contributed by atoms with Gasteiger partial charge >= 0.3 is 7.82 Å². The van der Waals surface area contributed by atoms with Gasteiger partial charge in [-0.1, -0.05) is 121 Å². The molecule has 0 saturated carbocycles. The first kappa shape index (κ1) is 43.7. The normalized spacial score (nSPS) is 15.3. The lowest BCUT2D eigenvalue weighted by atomic mass is 10.1. The smallest absolute Gasteiger partial charge is 0.387 e. The molecule has 0 radical (unpaired) electrons. The zero-order valence-electron chi connectivity index (χ0n) is 29.6. The lowest BCUT2D eigenvalue weighted by Gasteiger charge is -2.25. The third kappa shape index (κ3) is 31.1. The summed E-state index contributed by atoms with van der Waals surface area (Å²) in [5, 5.41) is 13.5. The molecule has 0 bridgehead atoms. The number of nitrogens with zero attached hydrogens (tertiary/aromatic N) is 1. The van der Waals surface area contributed by atoms with Crippen LogP contribution in [0.2, 0.25) is 0 Å². The predicted molar refractivity (Wildman–Crippen MR) is 189 cm³/mol. The molecule has 0 heterocycles. The Kier molecular flexibility index (Phi) is 28.1. The van der Waals surface area contributed by atoms with Gasteiger partial charge in [0.05, 0.1) is 39.9 Å². The third-order valence-electron chi connectivity index (χ3n) is 7.60. The van der Waals surface area contributed by atoms with Crippen molar-refractivity contribution in [3.05, 3.63) is 36.5 Å². The van der Waals surface area contributed by atoms with Crippen LogP contribution in [-0.4, -0.2) is 73.4 Å². The zero-order valence-corrected chi connectivity index (χ0v) is 30.5. The molecule has 45 heavy (non-hydrogen) atoms. The largest absolute Gasteiger partial charge is 0.472 e. The number of hydrogen-bond donors (Lipinski definition) is 3. The van der Waals surface area contributed by atoms with Gasteiger partial charge in [0.1, 0.15) is 13.2 Å². The summed E-state index contributed by atoms with van der Waals surface area (Å²) in [6, 6.07) is -0.842. The molecule has 3 unspecified atom stereocenters. The number of phosphoric acid groups is 1. The highest BCUT2D eigenvalue weighted by Gasteiger charge is 2.27. The number of carbonyl (C=O) groups is 1. The second kappa shape index (κ2) is 28.9. The average molecular weight is 658 g/mol. The van der Waals surface area contributed by atoms with E-state index in [1.165, 1.54) is 70.6 Å². The Bertz CT molecular complexity index is 840. The third-order valence-corrected chi connectivity index (χ3v) is 8.59. The van der Waals surface area contributed by atoms with E-state index in [-0.39, 0.29) is 19.1 Å². The SMILES string of the molecule is CCCC/C=C/C(O)C(COP(=O)(O)OCC[N+](C)(C)C)NC(=O)CCCCCCCCCCC/C=C\C/C=C\CCCCC. The molecule has 0 rings (SSSR count). The Labute approximate surface area is 276 Å². The monoisotopic (exact) mass is 657 g/mol. The van der Waals surface area contributed by atoms with Crippen molar-refractivity contribution in [2.75, 3.05) is 40.9 Å². The van der Waals surface area contributed by atoms with Gasteiger partial charge in [0.25, 0.3) is 0 Å². The molecule has 3 atom stereocenters. The summed E-state index contributed by atoms with van der Waals surface area (Å²) in [4.78, 5) is 22.7. The van der Waals surface area contributed by atoms with Gasteiger partial charge in [-0.3, -0.25) is 13.8 Å². The number of hydrogen-bond acceptors (Lipinski definition) is 5. The van der Waals surface area contributed by atoms with E-state index < -0.39 is 20.0 Å². The van der Waals surface area contributed by atoms with Crippen molar-refractivity contribution in [3.63, 3.8) is 0 Å². The highest BCUT2D eigenvalue weighted by atomic mass is 31.2. The Morgan fingerprint density at radius 2 is 1.29 bits per heavy atom. The minimum Gasteiger partial charge on any atom is -0.387 e. The summed E-state index contributed by atoms with van der Waals surface area (Å²) in [6.45, 7) is 4.60. The standard InChI is InChI=1S/C36H69N2O6P/c1-6-8-10-12-13-14-15-16-17-18-19-20-21-22-23-24-25-26-28-30-36(40)37-34(35(39)29-27-11-9-7-2)33-44-45(41,42)43-32-31-38(3,4)5/h13-14,16-17,27,29,34-35,39H,6-12,15,18-26,28,30-33H2,1-5H3,(H-,37,40,41,42)/p+1/b14-13-,17-16-,29-27+. The van der Waals surface area contributed by atoms with Crippen molar-refractivity contribution < 1.29 is 32.9 Å². The van der Waals surface area contributed by atoms with Crippen molar-refractivity contribution in [2.45, 2.75) is 148 Å². The van der Waals surface area contributed by atoms with E-state index in [2.05, 4.69) is 43.5 Å². The molecule has 0 fully saturated rings. The Balaban J connectivity index is 4.19. The minimum atomic E-state index is -4.31. The van der Waals surface area contributed by atoms with Gasteiger partial charge in [0.15, 0.2) is 0 Å². The van der Waals surface area contributed by atoms with Crippen LogP contribution in [0, 0.1) is 0 Å². The number of rotatable bonds is 31. The van der Waals surface area contributed by atoms with E-state index in [4.69, 9.17) is 9.05 Å². The maximum Gasteiger partial charge on any atom is 0.472 e. The fourth-order valence-electron chi connectivity index (χ4n) is 4.64. The van der Waals surface area contributed by atoms with Crippen molar-refractivity contribution in [3.8, 4) is 0 Å². The minimum absolute atomic E-state index is 0.0585. The van der Waals surface area contributed by atoms with Crippen LogP contribution in [0.4, 0.5) is 0 Å². The summed E-state index contributed by atoms with van der Waals surface area (Å²) in [5.74, 6) is -0.194. The molecule has 0 aromatic heterocycles. The van der Waals surface area contributed by atoms with Gasteiger partial charge in [-0.05, 0) is 44.9 Å². The quantitative estimate of drug-likeness (QED) is 0.0298. The molecule has 0 aliphatic rings. The number of allylic oxidation sites excluding steroid dienone is 5. The summed E-state index contributed by atoms with van der Waals surface area (Å²) in [7, 11) is 1.55. The number of unbranched alkanes of at least 4 members (excludes halogenated alkanes) is 14. The van der Waals surface area contributed by atoms with Crippen LogP contribution in [0.15, 0.2) is 36.5 Å². The molecule has 264 valence electrons. The van der Waals surface area contributed by atoms with Crippen LogP contribution >= 0.6 is 7.82 Å². The summed E-state index contributed by atoms with van der Waals surface area (Å²) in [5.41, 5.74) is 0. The topological polar surface area (TPSA) is 105 Å². The van der Waals surface area contributed by atoms with Crippen LogP contribution in [0.3, 0.4) is 0 Å². The summed E-state index contributed by atoms with van der Waals surface area (Å²) >= 11 is 0. The second-order valence-electron chi connectivity index (χ2n) is 13.2. The Morgan fingerprint density at radius 3 is 1.87 bits per heavy atom. The predicted octanol–water partition coefficient (Wildman–Crippen LogP) is 8.79. The fraction of sp³-hybridized carbons (Fsp3) is 0.806. The number of aliphatic hydroxyl groups is 1. The average Bonchev–Trinajstić information content (AvgIpc) is 2.97. The highest BCUT2D eigenvalue weighted by molar-refractivity contribution is 7.47. The molecule has 0 aliphatic carbocycles. The molecular weight excluding hydrogens is 587 g/mol. The van der Waals surface area contributed by atoms with Gasteiger partial charge in [-0.2, -0.15) is 0 Å². The van der Waals surface area contributed by atoms with Gasteiger partial charge in [-0.15, -0.1) is 0 Å². The maximum atomic E-state index is 12.6. The summed E-state index contributed by atoms with van der Waals surface area (Å²) < 4.78 is 23.2. The molecule has 3 N–H and O–H groups in total. The number of quaternary nitrogens is 1. The number of phosphoric ester groups is 1. The van der Waals surface area contributed by atoms with Gasteiger partial charge in [0.2, 0.25) is 5.91 Å². The summed E-state index contributed by atoms with van der Waals surface area (Å²) in [6.07, 6.45) is 32.6. The number of likely N-dealkylation sites (N-methyl/N-ethyl adjacent to an activating group) is 1. The Morgan fingerprint density at radius 1 is 0.756 bits per heavy atom. The van der Waals surface area contributed by atoms with Crippen LogP contribution < -0.4 is 5.32 Å². The number of nitrogens with one attached hydrogen (secondary N) is 1. The van der Waals surface area contributed by atoms with Crippen LogP contribution in [-0.2, 0) is 18.4 Å². The first-order valence-electron chi connectivity index (χ1n) is 17.9. The molecule has 0 saturated heterocycles. The molecule has 8 nitrogen and oxygen atoms in total. The highest BCUT2D eigenvalue weighted by Crippen LogP contribution is 2.43. The van der Waals surface area contributed by atoms with Crippen molar-refractivity contribution in [2.24, 2.45) is 0 Å². The van der Waals surface area contributed by atoms with E-state index in [9.17, 15) is 19.4 Å². The number of amides is 1. The van der Waals surface area contributed by atoms with E-state index in [1.54, 1.807) is 6.08 Å². The van der Waals surface area contributed by atoms with Crippen molar-refractivity contribution >= 4 is 13.7 Å². The van der Waals surface area contributed by atoms with E-state index in [0.29, 0.717) is 17.4 Å². The van der Waals surface area contributed by atoms with E-state index in [1.807, 2.05) is 27.2 Å². The second-order valence-corrected chi connectivity index (χ2v) is 14.7. The zero-order chi connectivity index (χ0) is 33.7. The van der Waals surface area contributed by atoms with Crippen molar-refractivity contribution in [1.29, 1.82) is 0 Å². The molecule has 9 heteroatoms. The van der Waals surface area contributed by atoms with Crippen molar-refractivity contribution in [1.82, 2.24) is 5.32 Å². The van der Waals surface area contributed by atoms with Crippen LogP contribution in [0.1, 0.15) is 136 Å². The number of carbonyl (C=O) groups excluding carboxylic acids is 1. The van der Waals surface area contributed by atoms with Gasteiger partial charge in [0, 0.05) is 6.42 Å². The Hall–Kier alpha value is -1.28. The fourth-order valence-corrected chi connectivity index (χ4v) is 5.38. The first-order valence-corrected chi connectivity index (χ1v) is 19.4. The van der Waals surface area contributed by atoms with Gasteiger partial charge in [-0.25, -0.2) is 4.57 Å². The maximum absolute atomic E-state index is 12.6. The molecule has 0 aromatic carbocycles. The van der Waals surface area contributed by atoms with Gasteiger partial charge < -0.3 is 19.8 Å². The van der Waals surface area contributed by atoms with Crippen LogP contribution in [0.25, 0.3) is 0 Å². The molecular formula is C36H70N2O6P+.